The predicted octanol–water partition coefficient (Wildman–Crippen LogP) is -0.298. The van der Waals surface area contributed by atoms with Crippen LogP contribution in [0.4, 0.5) is 0 Å². The highest BCUT2D eigenvalue weighted by molar-refractivity contribution is 5.74. The number of hydroxylamine groups is 4. The van der Waals surface area contributed by atoms with E-state index in [-0.39, 0.29) is 11.6 Å². The molecule has 1 aromatic rings. The molecule has 0 saturated heterocycles. The summed E-state index contributed by atoms with van der Waals surface area (Å²) >= 11 is 0. The van der Waals surface area contributed by atoms with Gasteiger partial charge in [-0.1, -0.05) is 5.21 Å². The molecule has 0 amide bonds. The van der Waals surface area contributed by atoms with E-state index in [1.807, 2.05) is 0 Å². The maximum atomic E-state index is 11.4. The molecule has 1 aromatic carbocycles. The van der Waals surface area contributed by atoms with Crippen LogP contribution in [0.5, 0.6) is 0 Å². The van der Waals surface area contributed by atoms with Crippen LogP contribution in [0.2, 0.25) is 0 Å². The number of rotatable bonds is 1. The van der Waals surface area contributed by atoms with Crippen LogP contribution < -0.4 is 10.7 Å². The lowest BCUT2D eigenvalue weighted by Crippen LogP contribution is -2.21. The lowest BCUT2D eigenvalue weighted by molar-refractivity contribution is -0.126. The molecule has 2 aliphatic rings. The summed E-state index contributed by atoms with van der Waals surface area (Å²) in [6, 6.07) is 4.81. The maximum Gasteiger partial charge on any atom is 0.210 e. The van der Waals surface area contributed by atoms with Crippen LogP contribution in [-0.4, -0.2) is 21.6 Å². The van der Waals surface area contributed by atoms with Gasteiger partial charge in [0.2, 0.25) is 5.82 Å². The van der Waals surface area contributed by atoms with E-state index >= 15 is 0 Å². The maximum absolute atomic E-state index is 11.4. The summed E-state index contributed by atoms with van der Waals surface area (Å²) in [7, 11) is 0. The van der Waals surface area contributed by atoms with Crippen molar-refractivity contribution in [1.29, 1.82) is 0 Å². The van der Waals surface area contributed by atoms with Gasteiger partial charge in [-0.2, -0.15) is 5.06 Å². The van der Waals surface area contributed by atoms with Crippen LogP contribution in [0.1, 0.15) is 10.4 Å². The highest BCUT2D eigenvalue weighted by atomic mass is 16.6. The van der Waals surface area contributed by atoms with E-state index in [0.717, 1.165) is 6.20 Å². The van der Waals surface area contributed by atoms with Crippen LogP contribution in [-0.2, 0) is 5.21 Å². The van der Waals surface area contributed by atoms with Crippen molar-refractivity contribution in [1.82, 2.24) is 10.1 Å². The number of nitrogens with zero attached hydrogens (tertiary/aromatic N) is 4. The number of hydrogen-bond acceptors (Lipinski definition) is 6. The molecule has 0 fully saturated rings. The summed E-state index contributed by atoms with van der Waals surface area (Å²) in [5.41, 5.74) is 0.475. The average molecular weight is 243 g/mol. The number of aldehydes is 1. The molecule has 89 valence electrons. The molecule has 0 bridgehead atoms. The summed E-state index contributed by atoms with van der Waals surface area (Å²) in [5.74, 6) is 0.0365. The van der Waals surface area contributed by atoms with E-state index in [2.05, 4.69) is 9.98 Å². The Labute approximate surface area is 101 Å². The van der Waals surface area contributed by atoms with Gasteiger partial charge in [-0.05, 0) is 18.2 Å². The van der Waals surface area contributed by atoms with E-state index in [1.165, 1.54) is 6.20 Å². The topological polar surface area (TPSA) is 88.4 Å². The lowest BCUT2D eigenvalue weighted by Gasteiger charge is -2.12. The summed E-state index contributed by atoms with van der Waals surface area (Å²) in [6.07, 6.45) is 3.05. The standard InChI is InChI=1S/C11H7N4O3/c16-6-7-1-2-8-9(5-7)13-10(12-8)11-14(17)3-4-15(11)18/h1-6,17H/b11-10+. The first-order valence-electron chi connectivity index (χ1n) is 5.09. The summed E-state index contributed by atoms with van der Waals surface area (Å²) in [4.78, 5) is 18.9. The van der Waals surface area contributed by atoms with Gasteiger partial charge in [-0.3, -0.25) is 10.0 Å². The van der Waals surface area contributed by atoms with Gasteiger partial charge in [0, 0.05) is 5.56 Å². The highest BCUT2D eigenvalue weighted by Crippen LogP contribution is 2.21. The van der Waals surface area contributed by atoms with Gasteiger partial charge in [-0.15, -0.1) is 0 Å². The normalized spacial score (nSPS) is 20.8. The third-order valence-electron chi connectivity index (χ3n) is 2.56. The molecule has 7 heteroatoms. The molecule has 0 atom stereocenters. The number of benzene rings is 1. The Morgan fingerprint density at radius 1 is 1.17 bits per heavy atom. The van der Waals surface area contributed by atoms with Crippen LogP contribution in [0.25, 0.3) is 0 Å². The molecule has 18 heavy (non-hydrogen) atoms. The second-order valence-electron chi connectivity index (χ2n) is 3.71. The Kier molecular flexibility index (Phi) is 2.22. The minimum absolute atomic E-state index is 0.0705. The van der Waals surface area contributed by atoms with Crippen molar-refractivity contribution >= 4 is 6.29 Å². The molecule has 0 saturated carbocycles. The lowest BCUT2D eigenvalue weighted by atomic mass is 10.2. The Bertz CT molecular complexity index is 693. The van der Waals surface area contributed by atoms with Crippen LogP contribution in [0, 0.1) is 0 Å². The van der Waals surface area contributed by atoms with E-state index < -0.39 is 0 Å². The second kappa shape index (κ2) is 3.76. The third-order valence-corrected chi connectivity index (χ3v) is 2.56. The van der Waals surface area contributed by atoms with Crippen molar-refractivity contribution in [3.8, 4) is 0 Å². The largest absolute Gasteiger partial charge is 0.298 e. The zero-order valence-electron chi connectivity index (χ0n) is 9.02. The molecule has 3 rings (SSSR count). The second-order valence-corrected chi connectivity index (χ2v) is 3.71. The van der Waals surface area contributed by atoms with Gasteiger partial charge in [-0.25, -0.2) is 15.0 Å². The number of carbonyl (C=O) groups excluding carboxylic acids is 1. The zero-order valence-corrected chi connectivity index (χ0v) is 9.02. The molecule has 7 nitrogen and oxygen atoms in total. The van der Waals surface area contributed by atoms with Gasteiger partial charge in [0.05, 0.1) is 23.1 Å². The van der Waals surface area contributed by atoms with E-state index in [0.29, 0.717) is 32.7 Å². The fourth-order valence-corrected chi connectivity index (χ4v) is 1.72. The van der Waals surface area contributed by atoms with E-state index in [1.54, 1.807) is 18.2 Å². The molecular weight excluding hydrogens is 236 g/mol. The van der Waals surface area contributed by atoms with Gasteiger partial charge in [0.15, 0.2) is 5.82 Å². The highest BCUT2D eigenvalue weighted by Gasteiger charge is 2.24. The van der Waals surface area contributed by atoms with Gasteiger partial charge < -0.3 is 0 Å². The van der Waals surface area contributed by atoms with Crippen molar-refractivity contribution in [3.05, 3.63) is 58.5 Å². The first kappa shape index (κ1) is 10.6. The average Bonchev–Trinajstić information content (AvgIpc) is 2.91. The summed E-state index contributed by atoms with van der Waals surface area (Å²) in [6.45, 7) is 0. The number of hydrogen-bond donors (Lipinski definition) is 1. The van der Waals surface area contributed by atoms with E-state index in [9.17, 15) is 15.2 Å². The Balaban J connectivity index is 2.17. The molecule has 0 spiro atoms. The smallest absolute Gasteiger partial charge is 0.210 e. The minimum Gasteiger partial charge on any atom is -0.298 e. The Morgan fingerprint density at radius 3 is 2.61 bits per heavy atom. The number of fused-ring (bicyclic) bond motifs is 1. The predicted molar refractivity (Wildman–Crippen MR) is 56.5 cm³/mol. The summed E-state index contributed by atoms with van der Waals surface area (Å²) in [5, 5.41) is 23.1. The molecule has 0 unspecified atom stereocenters. The molecule has 2 aliphatic heterocycles. The monoisotopic (exact) mass is 243 g/mol. The van der Waals surface area contributed by atoms with Gasteiger partial charge >= 0.3 is 0 Å². The van der Waals surface area contributed by atoms with E-state index in [4.69, 9.17) is 0 Å². The fourth-order valence-electron chi connectivity index (χ4n) is 1.72. The number of carbonyl (C=O) groups is 1. The Morgan fingerprint density at radius 2 is 1.94 bits per heavy atom. The van der Waals surface area contributed by atoms with Crippen molar-refractivity contribution in [2.75, 3.05) is 0 Å². The van der Waals surface area contributed by atoms with Gasteiger partial charge in [0.1, 0.15) is 6.29 Å². The van der Waals surface area contributed by atoms with Crippen molar-refractivity contribution < 1.29 is 15.2 Å². The van der Waals surface area contributed by atoms with Crippen molar-refractivity contribution in [2.24, 2.45) is 9.98 Å². The molecular formula is C11H7N4O3. The fraction of sp³-hybridized carbons (Fsp3) is 0. The molecule has 0 aliphatic carbocycles. The minimum atomic E-state index is -0.0705. The van der Waals surface area contributed by atoms with Crippen LogP contribution in [0.15, 0.2) is 52.2 Å². The third kappa shape index (κ3) is 1.50. The van der Waals surface area contributed by atoms with Crippen LogP contribution in [0.3, 0.4) is 0 Å². The molecule has 0 aromatic heterocycles. The molecule has 2 heterocycles. The van der Waals surface area contributed by atoms with Gasteiger partial charge in [0.25, 0.3) is 0 Å². The molecule has 1 radical (unpaired) electrons. The van der Waals surface area contributed by atoms with Crippen molar-refractivity contribution in [3.63, 3.8) is 0 Å². The van der Waals surface area contributed by atoms with Crippen molar-refractivity contribution in [2.45, 2.75) is 0 Å². The zero-order chi connectivity index (χ0) is 12.7. The quantitative estimate of drug-likeness (QED) is 0.686. The molecule has 1 N–H and O–H groups in total. The first-order chi connectivity index (χ1) is 8.69. The Hall–Kier alpha value is -2.51. The summed E-state index contributed by atoms with van der Waals surface area (Å²) < 4.78 is 0. The SMILES string of the molecule is [O]N1C=CN(O)/C1=C1/N=c2ccc(C=O)cc2=N1. The first-order valence-corrected chi connectivity index (χ1v) is 5.09. The van der Waals surface area contributed by atoms with Crippen LogP contribution >= 0.6 is 0 Å².